The maximum atomic E-state index is 12.7. The van der Waals surface area contributed by atoms with E-state index in [4.69, 9.17) is 4.74 Å². The average molecular weight is 322 g/mol. The normalized spacial score (nSPS) is 17.6. The molecule has 23 heavy (non-hydrogen) atoms. The largest absolute Gasteiger partial charge is 0.497 e. The van der Waals surface area contributed by atoms with Gasteiger partial charge >= 0.3 is 6.18 Å². The van der Waals surface area contributed by atoms with Crippen molar-refractivity contribution >= 4 is 5.95 Å². The van der Waals surface area contributed by atoms with Crippen molar-refractivity contribution in [1.29, 1.82) is 0 Å². The summed E-state index contributed by atoms with van der Waals surface area (Å²) in [5.41, 5.74) is 3.71. The third kappa shape index (κ3) is 3.26. The van der Waals surface area contributed by atoms with Crippen molar-refractivity contribution in [2.45, 2.75) is 12.2 Å². The van der Waals surface area contributed by atoms with Gasteiger partial charge in [-0.1, -0.05) is 0 Å². The van der Waals surface area contributed by atoms with Crippen LogP contribution < -0.4 is 15.2 Å². The molecule has 1 unspecified atom stereocenters. The van der Waals surface area contributed by atoms with E-state index in [1.54, 1.807) is 25.3 Å². The zero-order valence-electron chi connectivity index (χ0n) is 12.1. The highest BCUT2D eigenvalue weighted by atomic mass is 19.4. The number of hydrazine groups is 1. The molecule has 2 aromatic rings. The van der Waals surface area contributed by atoms with Crippen molar-refractivity contribution < 1.29 is 17.9 Å². The van der Waals surface area contributed by atoms with E-state index in [0.29, 0.717) is 11.4 Å². The predicted octanol–water partition coefficient (Wildman–Crippen LogP) is 2.92. The molecule has 1 aliphatic heterocycles. The number of halogens is 3. The highest BCUT2D eigenvalue weighted by Crippen LogP contribution is 2.26. The van der Waals surface area contributed by atoms with E-state index in [1.807, 2.05) is 12.1 Å². The third-order valence-electron chi connectivity index (χ3n) is 3.30. The van der Waals surface area contributed by atoms with E-state index in [-0.39, 0.29) is 5.95 Å². The molecule has 2 heterocycles. The number of nitrogens with zero attached hydrogens (tertiary/aromatic N) is 3. The van der Waals surface area contributed by atoms with Crippen LogP contribution in [0.4, 0.5) is 19.1 Å². The summed E-state index contributed by atoms with van der Waals surface area (Å²) in [5, 5.41) is 1.16. The Morgan fingerprint density at radius 3 is 2.52 bits per heavy atom. The lowest BCUT2D eigenvalue weighted by Gasteiger charge is -2.19. The zero-order valence-corrected chi connectivity index (χ0v) is 12.1. The second kappa shape index (κ2) is 5.88. The maximum Gasteiger partial charge on any atom is 0.409 e. The number of nitrogens with one attached hydrogen (secondary N) is 1. The van der Waals surface area contributed by atoms with Crippen LogP contribution in [0.25, 0.3) is 11.3 Å². The lowest BCUT2D eigenvalue weighted by molar-refractivity contribution is -0.142. The summed E-state index contributed by atoms with van der Waals surface area (Å²) in [4.78, 5) is 8.30. The summed E-state index contributed by atoms with van der Waals surface area (Å²) >= 11 is 0. The first kappa shape index (κ1) is 15.3. The number of anilines is 1. The van der Waals surface area contributed by atoms with Gasteiger partial charge in [0.15, 0.2) is 0 Å². The molecular formula is C15H13F3N4O. The lowest BCUT2D eigenvalue weighted by atomic mass is 10.1. The van der Waals surface area contributed by atoms with Crippen molar-refractivity contribution in [1.82, 2.24) is 15.4 Å². The highest BCUT2D eigenvalue weighted by molar-refractivity contribution is 5.61. The van der Waals surface area contributed by atoms with Crippen LogP contribution in [-0.4, -0.2) is 29.3 Å². The van der Waals surface area contributed by atoms with Crippen LogP contribution in [-0.2, 0) is 0 Å². The van der Waals surface area contributed by atoms with Gasteiger partial charge in [-0.05, 0) is 36.4 Å². The van der Waals surface area contributed by atoms with Gasteiger partial charge in [-0.3, -0.25) is 5.01 Å². The van der Waals surface area contributed by atoms with Gasteiger partial charge in [-0.15, -0.1) is 0 Å². The fourth-order valence-electron chi connectivity index (χ4n) is 2.10. The van der Waals surface area contributed by atoms with E-state index in [1.165, 1.54) is 12.4 Å². The van der Waals surface area contributed by atoms with Crippen LogP contribution in [0.1, 0.15) is 0 Å². The molecule has 5 nitrogen and oxygen atoms in total. The fourth-order valence-corrected chi connectivity index (χ4v) is 2.10. The molecule has 3 rings (SSSR count). The number of benzene rings is 1. The Balaban J connectivity index is 1.82. The minimum absolute atomic E-state index is 0.140. The minimum atomic E-state index is -4.36. The molecule has 120 valence electrons. The van der Waals surface area contributed by atoms with Crippen LogP contribution in [0, 0.1) is 0 Å². The Morgan fingerprint density at radius 1 is 1.17 bits per heavy atom. The predicted molar refractivity (Wildman–Crippen MR) is 78.6 cm³/mol. The molecule has 1 aliphatic rings. The molecule has 0 saturated heterocycles. The van der Waals surface area contributed by atoms with Gasteiger partial charge in [0, 0.05) is 18.0 Å². The van der Waals surface area contributed by atoms with Crippen molar-refractivity contribution in [2.75, 3.05) is 12.1 Å². The number of methoxy groups -OCH3 is 1. The topological polar surface area (TPSA) is 50.3 Å². The molecule has 0 saturated carbocycles. The van der Waals surface area contributed by atoms with Gasteiger partial charge in [0.05, 0.1) is 12.8 Å². The number of alkyl halides is 3. The van der Waals surface area contributed by atoms with Crippen molar-refractivity contribution in [2.24, 2.45) is 0 Å². The summed E-state index contributed by atoms with van der Waals surface area (Å²) in [5.74, 6) is 0.849. The maximum absolute atomic E-state index is 12.7. The molecule has 1 atom stereocenters. The van der Waals surface area contributed by atoms with Gasteiger partial charge < -0.3 is 4.74 Å². The number of aromatic nitrogens is 2. The number of ether oxygens (including phenoxy) is 1. The Bertz CT molecular complexity index is 715. The minimum Gasteiger partial charge on any atom is -0.497 e. The zero-order chi connectivity index (χ0) is 16.4. The van der Waals surface area contributed by atoms with Crippen LogP contribution in [0.15, 0.2) is 48.8 Å². The third-order valence-corrected chi connectivity index (χ3v) is 3.30. The highest BCUT2D eigenvalue weighted by Gasteiger charge is 2.41. The first-order valence-electron chi connectivity index (χ1n) is 6.75. The molecule has 1 aromatic carbocycles. The van der Waals surface area contributed by atoms with Gasteiger partial charge in [-0.2, -0.15) is 13.2 Å². The van der Waals surface area contributed by atoms with E-state index < -0.39 is 12.2 Å². The lowest BCUT2D eigenvalue weighted by Crippen LogP contribution is -2.44. The van der Waals surface area contributed by atoms with Crippen molar-refractivity contribution in [3.63, 3.8) is 0 Å². The summed E-state index contributed by atoms with van der Waals surface area (Å²) in [6, 6.07) is 7.14. The number of rotatable bonds is 3. The molecule has 0 spiro atoms. The van der Waals surface area contributed by atoms with Gasteiger partial charge in [-0.25, -0.2) is 15.4 Å². The molecule has 0 aliphatic carbocycles. The Kier molecular flexibility index (Phi) is 3.91. The molecule has 8 heteroatoms. The Hall–Kier alpha value is -2.61. The van der Waals surface area contributed by atoms with Crippen LogP contribution in [0.3, 0.4) is 0 Å². The molecular weight excluding hydrogens is 309 g/mol. The van der Waals surface area contributed by atoms with Crippen molar-refractivity contribution in [3.05, 3.63) is 48.8 Å². The average Bonchev–Trinajstić information content (AvgIpc) is 3.05. The summed E-state index contributed by atoms with van der Waals surface area (Å²) in [6.07, 6.45) is -0.577. The quantitative estimate of drug-likeness (QED) is 0.941. The first-order chi connectivity index (χ1) is 11.0. The molecule has 1 aromatic heterocycles. The van der Waals surface area contributed by atoms with Crippen LogP contribution in [0.2, 0.25) is 0 Å². The van der Waals surface area contributed by atoms with Crippen molar-refractivity contribution in [3.8, 4) is 17.0 Å². The van der Waals surface area contributed by atoms with Crippen LogP contribution >= 0.6 is 0 Å². The van der Waals surface area contributed by atoms with Gasteiger partial charge in [0.1, 0.15) is 11.8 Å². The number of hydrogen-bond acceptors (Lipinski definition) is 5. The molecule has 0 amide bonds. The first-order valence-corrected chi connectivity index (χ1v) is 6.75. The van der Waals surface area contributed by atoms with E-state index in [9.17, 15) is 13.2 Å². The smallest absolute Gasteiger partial charge is 0.409 e. The fraction of sp³-hybridized carbons (Fsp3) is 0.200. The summed E-state index contributed by atoms with van der Waals surface area (Å²) in [6.45, 7) is 0. The summed E-state index contributed by atoms with van der Waals surface area (Å²) in [7, 11) is 1.57. The Labute approximate surface area is 130 Å². The second-order valence-corrected chi connectivity index (χ2v) is 4.83. The van der Waals surface area contributed by atoms with Gasteiger partial charge in [0.25, 0.3) is 0 Å². The van der Waals surface area contributed by atoms with E-state index in [0.717, 1.165) is 16.6 Å². The monoisotopic (exact) mass is 322 g/mol. The SMILES string of the molecule is COc1ccc(-c2ccnc(N3C=CC(C(F)(F)F)N3)n2)cc1. The molecule has 1 N–H and O–H groups in total. The molecule has 0 fully saturated rings. The van der Waals surface area contributed by atoms with Gasteiger partial charge in [0.2, 0.25) is 5.95 Å². The number of hydrogen-bond donors (Lipinski definition) is 1. The Morgan fingerprint density at radius 2 is 1.91 bits per heavy atom. The molecule has 0 radical (unpaired) electrons. The van der Waals surface area contributed by atoms with Crippen LogP contribution in [0.5, 0.6) is 5.75 Å². The van der Waals surface area contributed by atoms with E-state index in [2.05, 4.69) is 15.4 Å². The molecule has 0 bridgehead atoms. The second-order valence-electron chi connectivity index (χ2n) is 4.83. The summed E-state index contributed by atoms with van der Waals surface area (Å²) < 4.78 is 43.1. The standard InChI is InChI=1S/C15H13F3N4O/c1-23-11-4-2-10(3-5-11)12-6-8-19-14(20-12)22-9-7-13(21-22)15(16,17)18/h2-9,13,21H,1H3. The van der Waals surface area contributed by atoms with E-state index >= 15 is 0 Å².